The van der Waals surface area contributed by atoms with E-state index in [1.165, 1.54) is 0 Å². The molecule has 116 valence electrons. The fraction of sp³-hybridized carbons (Fsp3) is 0.235. The zero-order chi connectivity index (χ0) is 16.2. The summed E-state index contributed by atoms with van der Waals surface area (Å²) in [6.45, 7) is 6.51. The van der Waals surface area contributed by atoms with Crippen LogP contribution in [-0.2, 0) is 5.54 Å². The third kappa shape index (κ3) is 2.28. The van der Waals surface area contributed by atoms with E-state index >= 15 is 0 Å². The predicted octanol–water partition coefficient (Wildman–Crippen LogP) is 4.38. The molecule has 23 heavy (non-hydrogen) atoms. The number of hydrogen-bond donors (Lipinski definition) is 1. The first-order chi connectivity index (χ1) is 10.9. The third-order valence-corrected chi connectivity index (χ3v) is 4.17. The highest BCUT2D eigenvalue weighted by molar-refractivity contribution is 6.30. The van der Waals surface area contributed by atoms with Gasteiger partial charge in [-0.3, -0.25) is 0 Å². The van der Waals surface area contributed by atoms with Gasteiger partial charge in [-0.15, -0.1) is 10.2 Å². The Hall–Kier alpha value is -2.40. The Kier molecular flexibility index (Phi) is 2.96. The number of nitrogens with one attached hydrogen (secondary N) is 1. The molecule has 5 nitrogen and oxygen atoms in total. The van der Waals surface area contributed by atoms with E-state index in [2.05, 4.69) is 57.6 Å². The van der Waals surface area contributed by atoms with Gasteiger partial charge in [0.1, 0.15) is 0 Å². The number of imidazole rings is 1. The fourth-order valence-corrected chi connectivity index (χ4v) is 2.99. The van der Waals surface area contributed by atoms with E-state index in [9.17, 15) is 0 Å². The summed E-state index contributed by atoms with van der Waals surface area (Å²) in [6, 6.07) is 8.10. The molecule has 0 aliphatic heterocycles. The quantitative estimate of drug-likeness (QED) is 0.565. The van der Waals surface area contributed by atoms with Crippen LogP contribution in [0.2, 0.25) is 5.15 Å². The van der Waals surface area contributed by atoms with Gasteiger partial charge in [0.25, 0.3) is 0 Å². The molecule has 1 N–H and O–H groups in total. The van der Waals surface area contributed by atoms with Crippen molar-refractivity contribution in [1.29, 1.82) is 0 Å². The number of halogens is 1. The average molecular weight is 326 g/mol. The molecule has 0 aliphatic carbocycles. The van der Waals surface area contributed by atoms with Crippen molar-refractivity contribution in [2.24, 2.45) is 0 Å². The Morgan fingerprint density at radius 1 is 1.13 bits per heavy atom. The minimum Gasteiger partial charge on any atom is -0.344 e. The second-order valence-corrected chi connectivity index (χ2v) is 7.01. The first kappa shape index (κ1) is 14.2. The highest BCUT2D eigenvalue weighted by Crippen LogP contribution is 2.32. The van der Waals surface area contributed by atoms with Crippen molar-refractivity contribution in [2.45, 2.75) is 26.3 Å². The van der Waals surface area contributed by atoms with Crippen LogP contribution in [0.1, 0.15) is 20.8 Å². The summed E-state index contributed by atoms with van der Waals surface area (Å²) in [7, 11) is 0. The largest absolute Gasteiger partial charge is 0.344 e. The van der Waals surface area contributed by atoms with Gasteiger partial charge in [0.2, 0.25) is 0 Å². The summed E-state index contributed by atoms with van der Waals surface area (Å²) in [5, 5.41) is 9.31. The van der Waals surface area contributed by atoms with Crippen LogP contribution in [0.15, 0.2) is 36.8 Å². The van der Waals surface area contributed by atoms with Crippen molar-refractivity contribution < 1.29 is 0 Å². The monoisotopic (exact) mass is 325 g/mol. The van der Waals surface area contributed by atoms with E-state index in [0.717, 1.165) is 33.2 Å². The molecule has 0 bridgehead atoms. The smallest absolute Gasteiger partial charge is 0.160 e. The van der Waals surface area contributed by atoms with Gasteiger partial charge in [-0.2, -0.15) is 0 Å². The molecular weight excluding hydrogens is 310 g/mol. The lowest BCUT2D eigenvalue weighted by Crippen LogP contribution is -2.20. The summed E-state index contributed by atoms with van der Waals surface area (Å²) >= 11 is 6.00. The number of hydrogen-bond acceptors (Lipinski definition) is 3. The zero-order valence-corrected chi connectivity index (χ0v) is 13.9. The molecule has 0 radical (unpaired) electrons. The Balaban J connectivity index is 1.96. The first-order valence-electron chi connectivity index (χ1n) is 7.42. The number of H-pyrrole nitrogens is 1. The second kappa shape index (κ2) is 4.80. The molecule has 0 unspecified atom stereocenters. The lowest BCUT2D eigenvalue weighted by molar-refractivity contribution is 0.408. The van der Waals surface area contributed by atoms with Gasteiger partial charge < -0.3 is 9.55 Å². The molecule has 1 aromatic carbocycles. The maximum atomic E-state index is 6.00. The lowest BCUT2D eigenvalue weighted by Gasteiger charge is -2.21. The van der Waals surface area contributed by atoms with Crippen LogP contribution in [0.4, 0.5) is 0 Å². The van der Waals surface area contributed by atoms with E-state index in [0.29, 0.717) is 5.15 Å². The summed E-state index contributed by atoms with van der Waals surface area (Å²) in [6.07, 6.45) is 3.83. The van der Waals surface area contributed by atoms with Crippen LogP contribution in [0.25, 0.3) is 33.2 Å². The van der Waals surface area contributed by atoms with Crippen molar-refractivity contribution >= 4 is 33.7 Å². The molecule has 0 saturated heterocycles. The molecule has 3 aromatic heterocycles. The Morgan fingerprint density at radius 3 is 2.74 bits per heavy atom. The molecule has 0 atom stereocenters. The maximum absolute atomic E-state index is 6.00. The minimum absolute atomic E-state index is 0.0254. The summed E-state index contributed by atoms with van der Waals surface area (Å²) in [4.78, 5) is 7.64. The van der Waals surface area contributed by atoms with E-state index < -0.39 is 0 Å². The van der Waals surface area contributed by atoms with Crippen LogP contribution in [0, 0.1) is 0 Å². The Morgan fingerprint density at radius 2 is 1.96 bits per heavy atom. The lowest BCUT2D eigenvalue weighted by atomic mass is 10.0. The zero-order valence-electron chi connectivity index (χ0n) is 13.1. The molecular formula is C17H16ClN5. The topological polar surface area (TPSA) is 59.4 Å². The van der Waals surface area contributed by atoms with Crippen LogP contribution >= 0.6 is 11.6 Å². The van der Waals surface area contributed by atoms with Crippen molar-refractivity contribution in [3.63, 3.8) is 0 Å². The highest BCUT2D eigenvalue weighted by atomic mass is 35.5. The van der Waals surface area contributed by atoms with Crippen molar-refractivity contribution in [3.8, 4) is 11.1 Å². The van der Waals surface area contributed by atoms with Crippen molar-refractivity contribution in [1.82, 2.24) is 24.7 Å². The normalized spacial score (nSPS) is 12.3. The molecule has 0 aliphatic rings. The first-order valence-corrected chi connectivity index (χ1v) is 7.79. The number of rotatable bonds is 1. The molecule has 6 heteroatoms. The maximum Gasteiger partial charge on any atom is 0.160 e. The Bertz CT molecular complexity index is 1020. The molecule has 0 amide bonds. The fourth-order valence-electron chi connectivity index (χ4n) is 2.85. The standard InChI is InChI=1S/C17H16ClN5/c1-17(2,3)23-9-20-13-5-4-10(6-14(13)23)12-8-19-16-11(12)7-15(18)21-22-16/h4-9H,1-3H3,(H,19,22). The number of aromatic amines is 1. The number of aromatic nitrogens is 5. The van der Waals surface area contributed by atoms with Gasteiger partial charge in [-0.25, -0.2) is 4.98 Å². The van der Waals surface area contributed by atoms with E-state index in [1.807, 2.05) is 24.7 Å². The summed E-state index contributed by atoms with van der Waals surface area (Å²) < 4.78 is 2.19. The van der Waals surface area contributed by atoms with E-state index in [4.69, 9.17) is 11.6 Å². The number of benzene rings is 1. The molecule has 4 aromatic rings. The SMILES string of the molecule is CC(C)(C)n1cnc2ccc(-c3c[nH]c4nnc(Cl)cc34)cc21. The van der Waals surface area contributed by atoms with Crippen LogP contribution in [0.3, 0.4) is 0 Å². The minimum atomic E-state index is -0.0254. The molecule has 3 heterocycles. The van der Waals surface area contributed by atoms with Crippen LogP contribution in [-0.4, -0.2) is 24.7 Å². The van der Waals surface area contributed by atoms with Crippen LogP contribution in [0.5, 0.6) is 0 Å². The average Bonchev–Trinajstić information content (AvgIpc) is 3.08. The number of nitrogens with zero attached hydrogens (tertiary/aromatic N) is 4. The number of fused-ring (bicyclic) bond motifs is 2. The van der Waals surface area contributed by atoms with Gasteiger partial charge in [-0.05, 0) is 44.5 Å². The predicted molar refractivity (Wildman–Crippen MR) is 92.6 cm³/mol. The van der Waals surface area contributed by atoms with Crippen molar-refractivity contribution in [3.05, 3.63) is 41.9 Å². The van der Waals surface area contributed by atoms with Gasteiger partial charge in [-0.1, -0.05) is 17.7 Å². The second-order valence-electron chi connectivity index (χ2n) is 6.62. The highest BCUT2D eigenvalue weighted by Gasteiger charge is 2.17. The molecule has 0 fully saturated rings. The van der Waals surface area contributed by atoms with E-state index in [1.54, 1.807) is 0 Å². The molecule has 0 spiro atoms. The van der Waals surface area contributed by atoms with Gasteiger partial charge in [0, 0.05) is 22.7 Å². The van der Waals surface area contributed by atoms with Gasteiger partial charge in [0.05, 0.1) is 17.4 Å². The van der Waals surface area contributed by atoms with Gasteiger partial charge in [0.15, 0.2) is 10.8 Å². The van der Waals surface area contributed by atoms with Crippen molar-refractivity contribution in [2.75, 3.05) is 0 Å². The summed E-state index contributed by atoms with van der Waals surface area (Å²) in [5.41, 5.74) is 4.95. The van der Waals surface area contributed by atoms with E-state index in [-0.39, 0.29) is 5.54 Å². The third-order valence-electron chi connectivity index (χ3n) is 3.99. The Labute approximate surface area is 138 Å². The van der Waals surface area contributed by atoms with Gasteiger partial charge >= 0.3 is 0 Å². The molecule has 0 saturated carbocycles. The molecule has 4 rings (SSSR count). The van der Waals surface area contributed by atoms with Crippen LogP contribution < -0.4 is 0 Å². The summed E-state index contributed by atoms with van der Waals surface area (Å²) in [5.74, 6) is 0.